The standard InChI is InChI=1S/C20H23N9/c1-14-12-16(3)29(25-14)19-5-4-18(22-23-19)26-8-10-27(11-9-26)20-17-13-15(2)24-28(17)7-6-21-20/h4-7,12-13H,8-11H2,1-3H3. The molecule has 9 nitrogen and oxygen atoms in total. The number of piperazine rings is 1. The fourth-order valence-electron chi connectivity index (χ4n) is 3.88. The van der Waals surface area contributed by atoms with E-state index >= 15 is 0 Å². The lowest BCUT2D eigenvalue weighted by atomic mass is 10.3. The minimum Gasteiger partial charge on any atom is -0.352 e. The van der Waals surface area contributed by atoms with Gasteiger partial charge in [-0.2, -0.15) is 10.2 Å². The van der Waals surface area contributed by atoms with Crippen LogP contribution in [0.25, 0.3) is 11.3 Å². The second-order valence-corrected chi connectivity index (χ2v) is 7.43. The topological polar surface area (TPSA) is 80.3 Å². The number of aryl methyl sites for hydroxylation is 3. The van der Waals surface area contributed by atoms with Gasteiger partial charge in [0.15, 0.2) is 17.5 Å². The molecule has 5 heterocycles. The van der Waals surface area contributed by atoms with Gasteiger partial charge in [0.05, 0.1) is 11.4 Å². The van der Waals surface area contributed by atoms with Crippen LogP contribution in [-0.4, -0.2) is 60.8 Å². The molecule has 0 saturated carbocycles. The second-order valence-electron chi connectivity index (χ2n) is 7.43. The van der Waals surface area contributed by atoms with Gasteiger partial charge in [0.2, 0.25) is 0 Å². The average Bonchev–Trinajstić information content (AvgIpc) is 3.28. The van der Waals surface area contributed by atoms with Crippen molar-refractivity contribution in [1.82, 2.24) is 34.6 Å². The Morgan fingerprint density at radius 3 is 2.17 bits per heavy atom. The summed E-state index contributed by atoms with van der Waals surface area (Å²) in [6.07, 6.45) is 3.70. The first-order valence-corrected chi connectivity index (χ1v) is 9.77. The van der Waals surface area contributed by atoms with E-state index in [0.29, 0.717) is 0 Å². The molecule has 0 radical (unpaired) electrons. The maximum absolute atomic E-state index is 4.61. The van der Waals surface area contributed by atoms with Crippen LogP contribution in [0.1, 0.15) is 17.1 Å². The van der Waals surface area contributed by atoms with Gasteiger partial charge in [0.25, 0.3) is 0 Å². The van der Waals surface area contributed by atoms with Crippen molar-refractivity contribution >= 4 is 17.2 Å². The van der Waals surface area contributed by atoms with Crippen molar-refractivity contribution < 1.29 is 0 Å². The number of hydrogen-bond acceptors (Lipinski definition) is 7. The average molecular weight is 389 g/mol. The molecule has 0 unspecified atom stereocenters. The van der Waals surface area contributed by atoms with Gasteiger partial charge >= 0.3 is 0 Å². The highest BCUT2D eigenvalue weighted by Gasteiger charge is 2.21. The maximum Gasteiger partial charge on any atom is 0.176 e. The van der Waals surface area contributed by atoms with Gasteiger partial charge in [-0.25, -0.2) is 14.2 Å². The Balaban J connectivity index is 1.31. The highest BCUT2D eigenvalue weighted by Crippen LogP contribution is 2.22. The van der Waals surface area contributed by atoms with Crippen LogP contribution in [0.2, 0.25) is 0 Å². The molecule has 1 aliphatic rings. The predicted octanol–water partition coefficient (Wildman–Crippen LogP) is 1.96. The van der Waals surface area contributed by atoms with E-state index < -0.39 is 0 Å². The Labute approximate surface area is 168 Å². The summed E-state index contributed by atoms with van der Waals surface area (Å²) in [5.41, 5.74) is 4.07. The third kappa shape index (κ3) is 3.18. The number of hydrogen-bond donors (Lipinski definition) is 0. The third-order valence-corrected chi connectivity index (χ3v) is 5.26. The zero-order valence-corrected chi connectivity index (χ0v) is 16.8. The van der Waals surface area contributed by atoms with Crippen LogP contribution >= 0.6 is 0 Å². The highest BCUT2D eigenvalue weighted by molar-refractivity contribution is 5.69. The first-order chi connectivity index (χ1) is 14.1. The Kier molecular flexibility index (Phi) is 4.15. The molecule has 1 aliphatic heterocycles. The first kappa shape index (κ1) is 17.6. The van der Waals surface area contributed by atoms with E-state index in [1.54, 1.807) is 0 Å². The van der Waals surface area contributed by atoms with E-state index in [0.717, 1.165) is 66.2 Å². The largest absolute Gasteiger partial charge is 0.352 e. The zero-order valence-electron chi connectivity index (χ0n) is 16.8. The Morgan fingerprint density at radius 1 is 0.793 bits per heavy atom. The van der Waals surface area contributed by atoms with Crippen molar-refractivity contribution in [3.63, 3.8) is 0 Å². The van der Waals surface area contributed by atoms with Crippen LogP contribution in [0, 0.1) is 20.8 Å². The van der Waals surface area contributed by atoms with Crippen molar-refractivity contribution in [3.8, 4) is 5.82 Å². The van der Waals surface area contributed by atoms with Gasteiger partial charge in [-0.05, 0) is 45.0 Å². The van der Waals surface area contributed by atoms with Crippen LogP contribution in [0.15, 0.2) is 36.7 Å². The van der Waals surface area contributed by atoms with Gasteiger partial charge < -0.3 is 9.80 Å². The van der Waals surface area contributed by atoms with Crippen molar-refractivity contribution in [2.45, 2.75) is 20.8 Å². The Morgan fingerprint density at radius 2 is 1.48 bits per heavy atom. The minimum atomic E-state index is 0.741. The molecule has 29 heavy (non-hydrogen) atoms. The summed E-state index contributed by atoms with van der Waals surface area (Å²) in [5.74, 6) is 2.62. The van der Waals surface area contributed by atoms with Gasteiger partial charge in [-0.3, -0.25) is 0 Å². The lowest BCUT2D eigenvalue weighted by Gasteiger charge is -2.35. The highest BCUT2D eigenvalue weighted by atomic mass is 15.4. The lowest BCUT2D eigenvalue weighted by Crippen LogP contribution is -2.47. The van der Waals surface area contributed by atoms with Crippen LogP contribution in [0.3, 0.4) is 0 Å². The smallest absolute Gasteiger partial charge is 0.176 e. The van der Waals surface area contributed by atoms with Crippen molar-refractivity contribution in [1.29, 1.82) is 0 Å². The molecule has 148 valence electrons. The Hall–Kier alpha value is -3.49. The molecular weight excluding hydrogens is 366 g/mol. The quantitative estimate of drug-likeness (QED) is 0.530. The molecular formula is C20H23N9. The van der Waals surface area contributed by atoms with E-state index in [9.17, 15) is 0 Å². The molecule has 0 bridgehead atoms. The summed E-state index contributed by atoms with van der Waals surface area (Å²) in [5, 5.41) is 17.8. The van der Waals surface area contributed by atoms with Crippen molar-refractivity contribution in [2.75, 3.05) is 36.0 Å². The molecule has 5 rings (SSSR count). The monoisotopic (exact) mass is 389 g/mol. The SMILES string of the molecule is Cc1cc(C)n(-c2ccc(N3CCN(c4nccn5nc(C)cc45)CC3)nn2)n1. The normalized spacial score (nSPS) is 14.7. The minimum absolute atomic E-state index is 0.741. The molecule has 1 saturated heterocycles. The van der Waals surface area contributed by atoms with E-state index in [2.05, 4.69) is 41.2 Å². The van der Waals surface area contributed by atoms with E-state index in [1.807, 2.05) is 60.6 Å². The van der Waals surface area contributed by atoms with E-state index in [1.165, 1.54) is 0 Å². The fraction of sp³-hybridized carbons (Fsp3) is 0.350. The number of anilines is 2. The Bertz CT molecular complexity index is 1150. The van der Waals surface area contributed by atoms with E-state index in [4.69, 9.17) is 0 Å². The van der Waals surface area contributed by atoms with Crippen LogP contribution in [0.4, 0.5) is 11.6 Å². The third-order valence-electron chi connectivity index (χ3n) is 5.26. The van der Waals surface area contributed by atoms with Crippen molar-refractivity contribution in [3.05, 3.63) is 53.7 Å². The molecule has 0 aromatic carbocycles. The van der Waals surface area contributed by atoms with E-state index in [-0.39, 0.29) is 0 Å². The summed E-state index contributed by atoms with van der Waals surface area (Å²) in [6.45, 7) is 9.48. The summed E-state index contributed by atoms with van der Waals surface area (Å²) in [7, 11) is 0. The molecule has 4 aromatic rings. The summed E-state index contributed by atoms with van der Waals surface area (Å²) < 4.78 is 3.72. The molecule has 0 aliphatic carbocycles. The first-order valence-electron chi connectivity index (χ1n) is 9.77. The second kappa shape index (κ2) is 6.84. The summed E-state index contributed by atoms with van der Waals surface area (Å²) in [4.78, 5) is 9.18. The number of fused-ring (bicyclic) bond motifs is 1. The molecule has 4 aromatic heterocycles. The van der Waals surface area contributed by atoms with Crippen LogP contribution in [-0.2, 0) is 0 Å². The molecule has 0 spiro atoms. The number of nitrogens with zero attached hydrogens (tertiary/aromatic N) is 9. The zero-order chi connectivity index (χ0) is 20.0. The molecule has 0 atom stereocenters. The number of aromatic nitrogens is 7. The fourth-order valence-corrected chi connectivity index (χ4v) is 3.88. The van der Waals surface area contributed by atoms with Crippen LogP contribution in [0.5, 0.6) is 0 Å². The summed E-state index contributed by atoms with van der Waals surface area (Å²) >= 11 is 0. The van der Waals surface area contributed by atoms with Gasteiger partial charge in [-0.15, -0.1) is 10.2 Å². The van der Waals surface area contributed by atoms with Crippen LogP contribution < -0.4 is 9.80 Å². The molecule has 1 fully saturated rings. The maximum atomic E-state index is 4.61. The van der Waals surface area contributed by atoms with Crippen molar-refractivity contribution in [2.24, 2.45) is 0 Å². The molecule has 0 amide bonds. The molecule has 0 N–H and O–H groups in total. The lowest BCUT2D eigenvalue weighted by molar-refractivity contribution is 0.636. The predicted molar refractivity (Wildman–Crippen MR) is 111 cm³/mol. The van der Waals surface area contributed by atoms with Gasteiger partial charge in [0, 0.05) is 44.3 Å². The van der Waals surface area contributed by atoms with Gasteiger partial charge in [-0.1, -0.05) is 0 Å². The molecule has 9 heteroatoms. The summed E-state index contributed by atoms with van der Waals surface area (Å²) in [6, 6.07) is 8.11. The van der Waals surface area contributed by atoms with Gasteiger partial charge in [0.1, 0.15) is 5.52 Å². The number of rotatable bonds is 3.